The van der Waals surface area contributed by atoms with Gasteiger partial charge in [0.2, 0.25) is 0 Å². The van der Waals surface area contributed by atoms with E-state index in [0.717, 1.165) is 19.5 Å². The van der Waals surface area contributed by atoms with E-state index in [2.05, 4.69) is 37.0 Å². The third-order valence-corrected chi connectivity index (χ3v) is 4.68. The molecule has 1 aliphatic heterocycles. The van der Waals surface area contributed by atoms with Crippen molar-refractivity contribution >= 4 is 0 Å². The van der Waals surface area contributed by atoms with Crippen LogP contribution in [-0.4, -0.2) is 19.7 Å². The zero-order chi connectivity index (χ0) is 13.3. The van der Waals surface area contributed by atoms with Crippen LogP contribution in [0, 0.1) is 6.92 Å². The molecule has 3 rings (SSSR count). The lowest BCUT2D eigenvalue weighted by molar-refractivity contribution is 0.0577. The van der Waals surface area contributed by atoms with E-state index >= 15 is 0 Å². The van der Waals surface area contributed by atoms with Crippen LogP contribution < -0.4 is 5.32 Å². The monoisotopic (exact) mass is 257 g/mol. The summed E-state index contributed by atoms with van der Waals surface area (Å²) in [6.07, 6.45) is 5.71. The normalized spacial score (nSPS) is 24.4. The minimum Gasteiger partial charge on any atom is -0.369 e. The molecule has 1 heterocycles. The topological polar surface area (TPSA) is 21.3 Å². The number of piperidine rings is 1. The summed E-state index contributed by atoms with van der Waals surface area (Å²) in [6.45, 7) is 8.83. The molecule has 1 aliphatic carbocycles. The Hall–Kier alpha value is -1.12. The quantitative estimate of drug-likeness (QED) is 0.839. The molecule has 19 heavy (non-hydrogen) atoms. The Morgan fingerprint density at radius 2 is 2.21 bits per heavy atom. The van der Waals surface area contributed by atoms with Gasteiger partial charge >= 0.3 is 0 Å². The summed E-state index contributed by atoms with van der Waals surface area (Å²) >= 11 is 0. The number of hydrogen-bond donors (Lipinski definition) is 1. The summed E-state index contributed by atoms with van der Waals surface area (Å²) < 4.78 is 6.02. The maximum absolute atomic E-state index is 6.02. The molecule has 0 saturated carbocycles. The molecule has 0 radical (unpaired) electrons. The number of hydrogen-bond acceptors (Lipinski definition) is 2. The molecule has 1 aromatic rings. The molecule has 0 amide bonds. The molecule has 0 aromatic heterocycles. The van der Waals surface area contributed by atoms with Crippen molar-refractivity contribution in [3.05, 3.63) is 47.5 Å². The molecular formula is C17H23NO. The predicted molar refractivity (Wildman–Crippen MR) is 78.5 cm³/mol. The van der Waals surface area contributed by atoms with E-state index in [-0.39, 0.29) is 6.10 Å². The van der Waals surface area contributed by atoms with E-state index < -0.39 is 0 Å². The second-order valence-electron chi connectivity index (χ2n) is 5.94. The highest BCUT2D eigenvalue weighted by molar-refractivity contribution is 5.44. The van der Waals surface area contributed by atoms with Crippen molar-refractivity contribution < 1.29 is 4.74 Å². The van der Waals surface area contributed by atoms with E-state index in [9.17, 15) is 0 Å². The Labute approximate surface area is 115 Å². The van der Waals surface area contributed by atoms with Gasteiger partial charge in [0.25, 0.3) is 0 Å². The molecule has 0 bridgehead atoms. The fourth-order valence-electron chi connectivity index (χ4n) is 3.72. The zero-order valence-electron chi connectivity index (χ0n) is 11.7. The molecule has 1 saturated heterocycles. The Balaban J connectivity index is 1.96. The van der Waals surface area contributed by atoms with Crippen molar-refractivity contribution in [1.82, 2.24) is 5.32 Å². The van der Waals surface area contributed by atoms with Crippen LogP contribution in [0.2, 0.25) is 0 Å². The Kier molecular flexibility index (Phi) is 3.46. The van der Waals surface area contributed by atoms with E-state index in [0.29, 0.717) is 12.0 Å². The predicted octanol–water partition coefficient (Wildman–Crippen LogP) is 3.26. The fourth-order valence-corrected chi connectivity index (χ4v) is 3.72. The van der Waals surface area contributed by atoms with Gasteiger partial charge in [-0.05, 0) is 50.4 Å². The van der Waals surface area contributed by atoms with Crippen LogP contribution in [0.15, 0.2) is 30.9 Å². The largest absolute Gasteiger partial charge is 0.369 e. The van der Waals surface area contributed by atoms with Crippen LogP contribution >= 0.6 is 0 Å². The minimum atomic E-state index is 0.256. The molecule has 1 aromatic carbocycles. The molecular weight excluding hydrogens is 234 g/mol. The number of rotatable bonds is 3. The molecule has 2 aliphatic rings. The molecule has 2 nitrogen and oxygen atoms in total. The summed E-state index contributed by atoms with van der Waals surface area (Å²) in [5.41, 5.74) is 4.63. The molecule has 1 spiro atoms. The van der Waals surface area contributed by atoms with E-state index in [4.69, 9.17) is 4.74 Å². The minimum absolute atomic E-state index is 0.256. The number of fused-ring (bicyclic) bond motifs is 2. The molecule has 1 N–H and O–H groups in total. The second kappa shape index (κ2) is 5.10. The first-order chi connectivity index (χ1) is 9.25. The van der Waals surface area contributed by atoms with Crippen LogP contribution in [0.1, 0.15) is 42.1 Å². The third kappa shape index (κ3) is 2.24. The van der Waals surface area contributed by atoms with Gasteiger partial charge < -0.3 is 10.1 Å². The van der Waals surface area contributed by atoms with Gasteiger partial charge in [-0.2, -0.15) is 0 Å². The summed E-state index contributed by atoms with van der Waals surface area (Å²) in [6, 6.07) is 6.91. The molecule has 0 unspecified atom stereocenters. The highest BCUT2D eigenvalue weighted by Crippen LogP contribution is 2.51. The van der Waals surface area contributed by atoms with Crippen LogP contribution in [0.25, 0.3) is 0 Å². The number of benzene rings is 1. The Morgan fingerprint density at radius 1 is 1.42 bits per heavy atom. The SMILES string of the molecule is C=CCO[C@H]1CC2(CCNCC2)c2ccc(C)cc21. The first kappa shape index (κ1) is 12.9. The van der Waals surface area contributed by atoms with E-state index in [1.54, 1.807) is 0 Å². The lowest BCUT2D eigenvalue weighted by atomic mass is 9.74. The molecule has 1 fully saturated rings. The molecule has 102 valence electrons. The van der Waals surface area contributed by atoms with Gasteiger partial charge in [-0.3, -0.25) is 0 Å². The Morgan fingerprint density at radius 3 is 2.95 bits per heavy atom. The fraction of sp³-hybridized carbons (Fsp3) is 0.529. The van der Waals surface area contributed by atoms with Crippen LogP contribution in [0.5, 0.6) is 0 Å². The first-order valence-corrected chi connectivity index (χ1v) is 7.29. The highest BCUT2D eigenvalue weighted by atomic mass is 16.5. The number of aryl methyl sites for hydroxylation is 1. The summed E-state index contributed by atoms with van der Waals surface area (Å²) in [5.74, 6) is 0. The maximum Gasteiger partial charge on any atom is 0.0840 e. The molecule has 1 atom stereocenters. The average molecular weight is 257 g/mol. The van der Waals surface area contributed by atoms with E-state index in [1.807, 2.05) is 6.08 Å². The van der Waals surface area contributed by atoms with Crippen molar-refractivity contribution in [2.75, 3.05) is 19.7 Å². The van der Waals surface area contributed by atoms with Gasteiger partial charge in [-0.1, -0.05) is 29.8 Å². The first-order valence-electron chi connectivity index (χ1n) is 7.29. The van der Waals surface area contributed by atoms with Gasteiger partial charge in [0.05, 0.1) is 12.7 Å². The van der Waals surface area contributed by atoms with Crippen LogP contribution in [-0.2, 0) is 10.2 Å². The zero-order valence-corrected chi connectivity index (χ0v) is 11.7. The van der Waals surface area contributed by atoms with Gasteiger partial charge in [0, 0.05) is 5.41 Å². The second-order valence-corrected chi connectivity index (χ2v) is 5.94. The summed E-state index contributed by atoms with van der Waals surface area (Å²) in [5, 5.41) is 3.48. The lowest BCUT2D eigenvalue weighted by Gasteiger charge is -2.35. The number of ether oxygens (including phenoxy) is 1. The smallest absolute Gasteiger partial charge is 0.0840 e. The van der Waals surface area contributed by atoms with E-state index in [1.165, 1.54) is 29.5 Å². The maximum atomic E-state index is 6.02. The van der Waals surface area contributed by atoms with Gasteiger partial charge in [0.15, 0.2) is 0 Å². The lowest BCUT2D eigenvalue weighted by Crippen LogP contribution is -2.38. The van der Waals surface area contributed by atoms with Crippen molar-refractivity contribution in [3.63, 3.8) is 0 Å². The number of nitrogens with one attached hydrogen (secondary N) is 1. The van der Waals surface area contributed by atoms with Crippen molar-refractivity contribution in [2.24, 2.45) is 0 Å². The standard InChI is InChI=1S/C17H23NO/c1-3-10-19-16-12-17(6-8-18-9-7-17)15-5-4-13(2)11-14(15)16/h3-5,11,16,18H,1,6-10,12H2,2H3/t16-/m0/s1. The van der Waals surface area contributed by atoms with Gasteiger partial charge in [-0.25, -0.2) is 0 Å². The third-order valence-electron chi connectivity index (χ3n) is 4.68. The average Bonchev–Trinajstić information content (AvgIpc) is 2.71. The Bertz CT molecular complexity index is 474. The van der Waals surface area contributed by atoms with Crippen molar-refractivity contribution in [1.29, 1.82) is 0 Å². The summed E-state index contributed by atoms with van der Waals surface area (Å²) in [4.78, 5) is 0. The summed E-state index contributed by atoms with van der Waals surface area (Å²) in [7, 11) is 0. The van der Waals surface area contributed by atoms with Crippen LogP contribution in [0.4, 0.5) is 0 Å². The molecule has 2 heteroatoms. The van der Waals surface area contributed by atoms with Crippen molar-refractivity contribution in [3.8, 4) is 0 Å². The van der Waals surface area contributed by atoms with Gasteiger partial charge in [0.1, 0.15) is 0 Å². The van der Waals surface area contributed by atoms with Gasteiger partial charge in [-0.15, -0.1) is 6.58 Å². The van der Waals surface area contributed by atoms with Crippen LogP contribution in [0.3, 0.4) is 0 Å². The highest BCUT2D eigenvalue weighted by Gasteiger charge is 2.44. The van der Waals surface area contributed by atoms with Crippen molar-refractivity contribution in [2.45, 2.75) is 37.7 Å².